The van der Waals surface area contributed by atoms with E-state index in [1.54, 1.807) is 30.9 Å². The molecule has 0 aromatic heterocycles. The quantitative estimate of drug-likeness (QED) is 0.182. The van der Waals surface area contributed by atoms with Gasteiger partial charge in [0.05, 0.1) is 17.5 Å². The summed E-state index contributed by atoms with van der Waals surface area (Å²) < 4.78 is 5.79. The lowest BCUT2D eigenvalue weighted by molar-refractivity contribution is -0.133. The third-order valence-electron chi connectivity index (χ3n) is 8.59. The van der Waals surface area contributed by atoms with Gasteiger partial charge < -0.3 is 25.4 Å². The largest absolute Gasteiger partial charge is 0.380 e. The van der Waals surface area contributed by atoms with Crippen LogP contribution in [0.2, 0.25) is 0 Å². The number of hydrogen-bond donors (Lipinski definition) is 6. The van der Waals surface area contributed by atoms with E-state index in [0.717, 1.165) is 12.8 Å². The number of halogens is 1. The maximum Gasteiger partial charge on any atom is 0.241 e. The molecule has 11 unspecified atom stereocenters. The molecule has 0 saturated carbocycles. The molecular weight excluding hydrogens is 506 g/mol. The second kappa shape index (κ2) is 11.2. The lowest BCUT2D eigenvalue weighted by atomic mass is 9.70. The van der Waals surface area contributed by atoms with Crippen LogP contribution in [0.25, 0.3) is 0 Å². The lowest BCUT2D eigenvalue weighted by Gasteiger charge is -2.45. The Labute approximate surface area is 222 Å². The van der Waals surface area contributed by atoms with E-state index >= 15 is 0 Å². The van der Waals surface area contributed by atoms with Crippen LogP contribution in [0, 0.1) is 17.8 Å². The minimum atomic E-state index is -0.645. The molecule has 5 aliphatic heterocycles. The highest BCUT2D eigenvalue weighted by atomic mass is 35.5. The number of aliphatic hydroxyl groups is 1. The van der Waals surface area contributed by atoms with Gasteiger partial charge in [0.2, 0.25) is 11.8 Å². The van der Waals surface area contributed by atoms with E-state index < -0.39 is 6.23 Å². The van der Waals surface area contributed by atoms with Crippen molar-refractivity contribution >= 4 is 35.2 Å². The molecule has 2 amide bonds. The zero-order valence-corrected chi connectivity index (χ0v) is 22.7. The topological polar surface area (TPSA) is 130 Å². The second-order valence-electron chi connectivity index (χ2n) is 11.0. The van der Waals surface area contributed by atoms with Crippen molar-refractivity contribution in [1.82, 2.24) is 36.6 Å². The highest BCUT2D eigenvalue weighted by Gasteiger charge is 2.48. The number of hydrazine groups is 1. The predicted molar refractivity (Wildman–Crippen MR) is 138 cm³/mol. The number of alkyl halides is 1. The van der Waals surface area contributed by atoms with Crippen LogP contribution >= 0.6 is 23.4 Å². The van der Waals surface area contributed by atoms with Crippen LogP contribution in [-0.2, 0) is 14.3 Å². The zero-order chi connectivity index (χ0) is 25.6. The summed E-state index contributed by atoms with van der Waals surface area (Å²) in [6.07, 6.45) is 1.49. The molecule has 13 heteroatoms. The Balaban J connectivity index is 1.16. The molecule has 5 saturated heterocycles. The molecule has 0 spiro atoms. The summed E-state index contributed by atoms with van der Waals surface area (Å²) in [5.74, 6) is 0.353. The van der Waals surface area contributed by atoms with Gasteiger partial charge in [0, 0.05) is 64.1 Å². The van der Waals surface area contributed by atoms with Gasteiger partial charge in [-0.2, -0.15) is 0 Å². The van der Waals surface area contributed by atoms with Crippen LogP contribution in [0.1, 0.15) is 26.2 Å². The molecular formula is C23H40ClN7O4S. The monoisotopic (exact) mass is 545 g/mol. The fourth-order valence-corrected chi connectivity index (χ4v) is 8.28. The number of methoxy groups -OCH3 is 1. The Bertz CT molecular complexity index is 805. The normalized spacial score (nSPS) is 45.6. The number of fused-ring (bicyclic) bond motifs is 1. The molecule has 6 N–H and O–H groups in total. The van der Waals surface area contributed by atoms with Crippen LogP contribution in [0.5, 0.6) is 0 Å². The van der Waals surface area contributed by atoms with E-state index in [-0.39, 0.29) is 64.0 Å². The van der Waals surface area contributed by atoms with Crippen LogP contribution in [0.15, 0.2) is 0 Å². The minimum Gasteiger partial charge on any atom is -0.380 e. The van der Waals surface area contributed by atoms with Gasteiger partial charge in [0.15, 0.2) is 0 Å². The zero-order valence-electron chi connectivity index (χ0n) is 21.2. The summed E-state index contributed by atoms with van der Waals surface area (Å²) >= 11 is 8.14. The summed E-state index contributed by atoms with van der Waals surface area (Å²) in [6.45, 7) is 4.76. The molecule has 0 aromatic rings. The number of amides is 2. The Kier molecular flexibility index (Phi) is 8.36. The van der Waals surface area contributed by atoms with Crippen molar-refractivity contribution < 1.29 is 19.4 Å². The molecule has 0 bridgehead atoms. The number of nitrogens with zero attached hydrogens (tertiary/aromatic N) is 2. The smallest absolute Gasteiger partial charge is 0.241 e. The first-order chi connectivity index (χ1) is 17.2. The SMILES string of the molecule is COC1CNC(Cl)CC1C1CC(C)NCC1C(=O)NC1NC2CN(C(=O)C3CC(O)N(C)N3)CC2S1. The highest BCUT2D eigenvalue weighted by molar-refractivity contribution is 8.00. The first-order valence-corrected chi connectivity index (χ1v) is 14.4. The van der Waals surface area contributed by atoms with Gasteiger partial charge in [-0.05, 0) is 31.6 Å². The third-order valence-corrected chi connectivity index (χ3v) is 10.3. The molecule has 5 heterocycles. The van der Waals surface area contributed by atoms with Gasteiger partial charge in [-0.15, -0.1) is 23.4 Å². The number of ether oxygens (including phenoxy) is 1. The van der Waals surface area contributed by atoms with Gasteiger partial charge in [-0.3, -0.25) is 20.2 Å². The van der Waals surface area contributed by atoms with Crippen molar-refractivity contribution in [3.8, 4) is 0 Å². The van der Waals surface area contributed by atoms with Gasteiger partial charge in [-0.1, -0.05) is 0 Å². The predicted octanol–water partition coefficient (Wildman–Crippen LogP) is -1.37. The van der Waals surface area contributed by atoms with Gasteiger partial charge in [0.25, 0.3) is 0 Å². The highest BCUT2D eigenvalue weighted by Crippen LogP contribution is 2.38. The Morgan fingerprint density at radius 2 is 1.94 bits per heavy atom. The van der Waals surface area contributed by atoms with Crippen molar-refractivity contribution in [3.05, 3.63) is 0 Å². The number of piperidine rings is 2. The number of rotatable bonds is 5. The van der Waals surface area contributed by atoms with E-state index in [9.17, 15) is 14.7 Å². The fourth-order valence-electron chi connectivity index (χ4n) is 6.58. The van der Waals surface area contributed by atoms with Crippen molar-refractivity contribution in [2.24, 2.45) is 17.8 Å². The summed E-state index contributed by atoms with van der Waals surface area (Å²) in [6, 6.07) is 0.0891. The maximum atomic E-state index is 13.5. The maximum absolute atomic E-state index is 13.5. The van der Waals surface area contributed by atoms with Crippen molar-refractivity contribution in [3.63, 3.8) is 0 Å². The summed E-state index contributed by atoms with van der Waals surface area (Å²) in [4.78, 5) is 28.3. The molecule has 5 aliphatic rings. The molecule has 11 nitrogen and oxygen atoms in total. The Hall–Kier alpha value is -0.700. The van der Waals surface area contributed by atoms with E-state index in [1.165, 1.54) is 0 Å². The average molecular weight is 546 g/mol. The number of aliphatic hydroxyl groups excluding tert-OH is 1. The summed E-state index contributed by atoms with van der Waals surface area (Å²) in [5, 5.41) is 25.3. The van der Waals surface area contributed by atoms with Crippen LogP contribution in [0.4, 0.5) is 0 Å². The average Bonchev–Trinajstić information content (AvgIpc) is 3.51. The van der Waals surface area contributed by atoms with E-state index in [0.29, 0.717) is 38.6 Å². The van der Waals surface area contributed by atoms with Gasteiger partial charge >= 0.3 is 0 Å². The van der Waals surface area contributed by atoms with Crippen LogP contribution in [-0.4, -0.2) is 114 Å². The molecule has 11 atom stereocenters. The first kappa shape index (κ1) is 26.9. The molecule has 36 heavy (non-hydrogen) atoms. The van der Waals surface area contributed by atoms with Gasteiger partial charge in [-0.25, -0.2) is 10.4 Å². The van der Waals surface area contributed by atoms with Crippen molar-refractivity contribution in [2.75, 3.05) is 40.3 Å². The lowest BCUT2D eigenvalue weighted by Crippen LogP contribution is -2.57. The summed E-state index contributed by atoms with van der Waals surface area (Å²) in [7, 11) is 3.48. The first-order valence-electron chi connectivity index (χ1n) is 13.0. The minimum absolute atomic E-state index is 0.0216. The van der Waals surface area contributed by atoms with E-state index in [4.69, 9.17) is 16.3 Å². The number of nitrogens with one attached hydrogen (secondary N) is 5. The van der Waals surface area contributed by atoms with E-state index in [2.05, 4.69) is 33.6 Å². The van der Waals surface area contributed by atoms with E-state index in [1.807, 2.05) is 4.90 Å². The Morgan fingerprint density at radius 1 is 1.14 bits per heavy atom. The molecule has 0 aromatic carbocycles. The molecule has 0 radical (unpaired) electrons. The number of carbonyl (C=O) groups excluding carboxylic acids is 2. The fraction of sp³-hybridized carbons (Fsp3) is 0.913. The number of hydrogen-bond acceptors (Lipinski definition) is 10. The molecule has 5 fully saturated rings. The standard InChI is InChI=1S/C23H40ClN7O4S/c1-11-4-12(13-5-19(24)26-8-17(13)35-3)14(7-25-11)21(33)28-23-27-16-9-31(10-18(16)36-23)22(34)15-6-20(32)30(2)29-15/h11-20,23,25-27,29,32H,4-10H2,1-3H3,(H,28,33). The van der Waals surface area contributed by atoms with Crippen LogP contribution < -0.4 is 26.7 Å². The number of carbonyl (C=O) groups is 2. The Morgan fingerprint density at radius 3 is 2.64 bits per heavy atom. The van der Waals surface area contributed by atoms with Crippen molar-refractivity contribution in [2.45, 2.75) is 72.9 Å². The molecule has 5 rings (SSSR count). The summed E-state index contributed by atoms with van der Waals surface area (Å²) in [5.41, 5.74) is 2.77. The number of thioether (sulfide) groups is 1. The number of likely N-dealkylation sites (tertiary alicyclic amines) is 1. The molecule has 204 valence electrons. The van der Waals surface area contributed by atoms with Crippen molar-refractivity contribution in [1.29, 1.82) is 0 Å². The molecule has 0 aliphatic carbocycles. The van der Waals surface area contributed by atoms with Gasteiger partial charge in [0.1, 0.15) is 17.8 Å². The third kappa shape index (κ3) is 5.52. The van der Waals surface area contributed by atoms with Crippen LogP contribution in [0.3, 0.4) is 0 Å². The second-order valence-corrected chi connectivity index (χ2v) is 12.8.